The number of halogens is 1. The van der Waals surface area contributed by atoms with Crippen LogP contribution in [0.5, 0.6) is 0 Å². The van der Waals surface area contributed by atoms with Crippen LogP contribution in [-0.2, 0) is 0 Å². The monoisotopic (exact) mass is 442 g/mol. The van der Waals surface area contributed by atoms with Gasteiger partial charge in [-0.25, -0.2) is 0 Å². The van der Waals surface area contributed by atoms with E-state index in [2.05, 4.69) is 57.8 Å². The molecule has 2 aliphatic carbocycles. The van der Waals surface area contributed by atoms with Gasteiger partial charge in [-0.1, -0.05) is 66.2 Å². The van der Waals surface area contributed by atoms with Gasteiger partial charge in [0.25, 0.3) is 5.91 Å². The van der Waals surface area contributed by atoms with E-state index in [0.29, 0.717) is 22.6 Å². The van der Waals surface area contributed by atoms with Crippen molar-refractivity contribution >= 4 is 21.8 Å². The summed E-state index contributed by atoms with van der Waals surface area (Å²) < 4.78 is 0. The molecule has 0 spiro atoms. The van der Waals surface area contributed by atoms with Crippen molar-refractivity contribution < 1.29 is 4.79 Å². The van der Waals surface area contributed by atoms with E-state index in [-0.39, 0.29) is 11.9 Å². The molecule has 1 aliphatic heterocycles. The van der Waals surface area contributed by atoms with E-state index >= 15 is 0 Å². The highest BCUT2D eigenvalue weighted by Gasteiger charge is 2.51. The molecule has 4 unspecified atom stereocenters. The van der Waals surface area contributed by atoms with Gasteiger partial charge in [-0.15, -0.1) is 0 Å². The number of nitrogens with zero attached hydrogens (tertiary/aromatic N) is 2. The minimum absolute atomic E-state index is 0.178. The second-order valence-electron chi connectivity index (χ2n) is 8.41. The van der Waals surface area contributed by atoms with Crippen molar-refractivity contribution in [1.82, 2.24) is 9.80 Å². The number of benzene rings is 1. The van der Waals surface area contributed by atoms with Crippen molar-refractivity contribution in [1.29, 1.82) is 0 Å². The fraction of sp³-hybridized carbons (Fsp3) is 0.542. The zero-order valence-corrected chi connectivity index (χ0v) is 18.5. The summed E-state index contributed by atoms with van der Waals surface area (Å²) in [5.74, 6) is 1.71. The maximum atomic E-state index is 13.2. The predicted molar refractivity (Wildman–Crippen MR) is 118 cm³/mol. The molecule has 1 aromatic carbocycles. The highest BCUT2D eigenvalue weighted by Crippen LogP contribution is 2.49. The first-order valence-corrected chi connectivity index (χ1v) is 11.7. The standard InChI is InChI=1S/C24H31BrN2O/c1-3-12-26(13-4-2)19-14-18-16-27(24(28)17-8-6-5-7-9-17)22-11-10-21(25)20(15-19)23(18)22/h5-11,15,18,20-23H,3-4,12-14,16H2,1-2H3/t18-,20?,21?,22?,23?/m0/s1. The molecule has 0 N–H and O–H groups in total. The summed E-state index contributed by atoms with van der Waals surface area (Å²) >= 11 is 3.92. The van der Waals surface area contributed by atoms with Gasteiger partial charge in [-0.3, -0.25) is 4.79 Å². The molecule has 5 atom stereocenters. The van der Waals surface area contributed by atoms with Crippen LogP contribution in [0.15, 0.2) is 54.3 Å². The van der Waals surface area contributed by atoms with Crippen LogP contribution in [0.1, 0.15) is 43.5 Å². The molecule has 1 saturated heterocycles. The maximum Gasteiger partial charge on any atom is 0.254 e. The molecule has 28 heavy (non-hydrogen) atoms. The Labute approximate surface area is 177 Å². The van der Waals surface area contributed by atoms with Crippen LogP contribution < -0.4 is 0 Å². The Kier molecular flexibility index (Phi) is 5.96. The van der Waals surface area contributed by atoms with E-state index in [1.165, 1.54) is 18.5 Å². The van der Waals surface area contributed by atoms with E-state index < -0.39 is 0 Å². The molecular weight excluding hydrogens is 412 g/mol. The SMILES string of the molecule is CCCN(CCC)C1=CC2C(Br)C=CC3C2[C@@H](C1)CN3C(=O)c1ccccc1. The third kappa shape index (κ3) is 3.56. The molecule has 1 aromatic rings. The Morgan fingerprint density at radius 2 is 1.86 bits per heavy atom. The number of likely N-dealkylation sites (tertiary alicyclic amines) is 1. The fourth-order valence-electron chi connectivity index (χ4n) is 5.42. The molecule has 1 fully saturated rings. The molecular formula is C24H31BrN2O. The van der Waals surface area contributed by atoms with Crippen LogP contribution in [0, 0.1) is 17.8 Å². The van der Waals surface area contributed by atoms with Gasteiger partial charge in [-0.05, 0) is 43.2 Å². The predicted octanol–water partition coefficient (Wildman–Crippen LogP) is 5.10. The van der Waals surface area contributed by atoms with Gasteiger partial charge in [0.05, 0.1) is 6.04 Å². The molecule has 1 amide bonds. The Hall–Kier alpha value is -1.55. The lowest BCUT2D eigenvalue weighted by molar-refractivity contribution is 0.0740. The largest absolute Gasteiger partial charge is 0.375 e. The minimum atomic E-state index is 0.178. The van der Waals surface area contributed by atoms with Gasteiger partial charge < -0.3 is 9.80 Å². The van der Waals surface area contributed by atoms with Crippen molar-refractivity contribution in [2.24, 2.45) is 17.8 Å². The number of hydrogen-bond donors (Lipinski definition) is 0. The zero-order chi connectivity index (χ0) is 19.7. The molecule has 4 heteroatoms. The average Bonchev–Trinajstić information content (AvgIpc) is 3.09. The van der Waals surface area contributed by atoms with E-state index in [4.69, 9.17) is 0 Å². The van der Waals surface area contributed by atoms with E-state index in [9.17, 15) is 4.79 Å². The van der Waals surface area contributed by atoms with E-state index in [1.54, 1.807) is 0 Å². The Morgan fingerprint density at radius 3 is 2.54 bits per heavy atom. The topological polar surface area (TPSA) is 23.6 Å². The molecule has 1 heterocycles. The second-order valence-corrected chi connectivity index (χ2v) is 9.46. The van der Waals surface area contributed by atoms with Crippen molar-refractivity contribution in [2.75, 3.05) is 19.6 Å². The van der Waals surface area contributed by atoms with Crippen LogP contribution in [0.25, 0.3) is 0 Å². The third-order valence-electron chi connectivity index (χ3n) is 6.57. The number of hydrogen-bond acceptors (Lipinski definition) is 2. The van der Waals surface area contributed by atoms with Crippen LogP contribution >= 0.6 is 15.9 Å². The first-order chi connectivity index (χ1) is 13.6. The van der Waals surface area contributed by atoms with Crippen molar-refractivity contribution in [3.63, 3.8) is 0 Å². The average molecular weight is 443 g/mol. The van der Waals surface area contributed by atoms with Gasteiger partial charge in [0.2, 0.25) is 0 Å². The number of amides is 1. The summed E-state index contributed by atoms with van der Waals surface area (Å²) in [5, 5.41) is 0. The number of carbonyl (C=O) groups is 1. The fourth-order valence-corrected chi connectivity index (χ4v) is 6.10. The number of carbonyl (C=O) groups excluding carboxylic acids is 1. The van der Waals surface area contributed by atoms with Crippen molar-refractivity contribution in [3.05, 3.63) is 59.8 Å². The minimum Gasteiger partial charge on any atom is -0.375 e. The first-order valence-electron chi connectivity index (χ1n) is 10.8. The molecule has 0 radical (unpaired) electrons. The number of allylic oxidation sites excluding steroid dienone is 3. The van der Waals surface area contributed by atoms with Gasteiger partial charge in [-0.2, -0.15) is 0 Å². The van der Waals surface area contributed by atoms with Crippen LogP contribution in [0.4, 0.5) is 0 Å². The second kappa shape index (κ2) is 8.44. The lowest BCUT2D eigenvalue weighted by atomic mass is 9.70. The highest BCUT2D eigenvalue weighted by atomic mass is 79.9. The Bertz CT molecular complexity index is 753. The molecule has 0 bridgehead atoms. The molecule has 3 nitrogen and oxygen atoms in total. The molecule has 3 aliphatic rings. The molecule has 0 saturated carbocycles. The molecule has 150 valence electrons. The normalized spacial score (nSPS) is 30.8. The summed E-state index contributed by atoms with van der Waals surface area (Å²) in [6.07, 6.45) is 10.5. The van der Waals surface area contributed by atoms with E-state index in [0.717, 1.165) is 31.6 Å². The summed E-state index contributed by atoms with van der Waals surface area (Å²) in [6.45, 7) is 7.65. The van der Waals surface area contributed by atoms with Crippen LogP contribution in [0.3, 0.4) is 0 Å². The zero-order valence-electron chi connectivity index (χ0n) is 16.9. The Morgan fingerprint density at radius 1 is 1.14 bits per heavy atom. The van der Waals surface area contributed by atoms with Crippen LogP contribution in [0.2, 0.25) is 0 Å². The molecule has 0 aromatic heterocycles. The maximum absolute atomic E-state index is 13.2. The van der Waals surface area contributed by atoms with Gasteiger partial charge in [0.1, 0.15) is 0 Å². The Balaban J connectivity index is 1.62. The third-order valence-corrected chi connectivity index (χ3v) is 7.48. The van der Waals surface area contributed by atoms with Gasteiger partial charge in [0.15, 0.2) is 0 Å². The summed E-state index contributed by atoms with van der Waals surface area (Å²) in [7, 11) is 0. The van der Waals surface area contributed by atoms with Crippen molar-refractivity contribution in [2.45, 2.75) is 44.0 Å². The van der Waals surface area contributed by atoms with Crippen molar-refractivity contribution in [3.8, 4) is 0 Å². The highest BCUT2D eigenvalue weighted by molar-refractivity contribution is 9.09. The lowest BCUT2D eigenvalue weighted by Gasteiger charge is -2.42. The number of rotatable bonds is 6. The molecule has 4 rings (SSSR count). The van der Waals surface area contributed by atoms with Gasteiger partial charge >= 0.3 is 0 Å². The first kappa shape index (κ1) is 19.8. The quantitative estimate of drug-likeness (QED) is 0.451. The summed E-state index contributed by atoms with van der Waals surface area (Å²) in [6, 6.07) is 9.98. The van der Waals surface area contributed by atoms with Gasteiger partial charge in [0, 0.05) is 41.6 Å². The summed E-state index contributed by atoms with van der Waals surface area (Å²) in [4.78, 5) is 18.3. The van der Waals surface area contributed by atoms with Crippen LogP contribution in [-0.4, -0.2) is 46.2 Å². The summed E-state index contributed by atoms with van der Waals surface area (Å²) in [5.41, 5.74) is 2.31. The number of alkyl halides is 1. The smallest absolute Gasteiger partial charge is 0.254 e. The van der Waals surface area contributed by atoms with E-state index in [1.807, 2.05) is 30.3 Å². The lowest BCUT2D eigenvalue weighted by Crippen LogP contribution is -2.43.